The van der Waals surface area contributed by atoms with Crippen molar-refractivity contribution in [3.05, 3.63) is 72.9 Å². The first-order chi connectivity index (χ1) is 37.3. The van der Waals surface area contributed by atoms with Crippen molar-refractivity contribution in [1.29, 1.82) is 0 Å². The van der Waals surface area contributed by atoms with E-state index >= 15 is 0 Å². The fourth-order valence-corrected chi connectivity index (χ4v) is 10.0. The van der Waals surface area contributed by atoms with Gasteiger partial charge >= 0.3 is 0 Å². The van der Waals surface area contributed by atoms with Crippen LogP contribution in [0.4, 0.5) is 0 Å². The average molecular weight is 1070 g/mol. The average Bonchev–Trinajstić information content (AvgIpc) is 3.42. The van der Waals surface area contributed by atoms with E-state index in [9.17, 15) is 30.3 Å². The largest absolute Gasteiger partial charge is 0.394 e. The van der Waals surface area contributed by atoms with Crippen LogP contribution in [-0.4, -0.2) is 87.5 Å². The molecule has 1 saturated heterocycles. The molecule has 9 heteroatoms. The number of nitrogens with one attached hydrogen (secondary N) is 1. The lowest BCUT2D eigenvalue weighted by Gasteiger charge is -2.40. The van der Waals surface area contributed by atoms with Crippen LogP contribution in [0, 0.1) is 0 Å². The van der Waals surface area contributed by atoms with Crippen LogP contribution in [0.5, 0.6) is 0 Å². The van der Waals surface area contributed by atoms with Gasteiger partial charge < -0.3 is 40.3 Å². The van der Waals surface area contributed by atoms with Gasteiger partial charge in [-0.1, -0.05) is 292 Å². The summed E-state index contributed by atoms with van der Waals surface area (Å²) in [4.78, 5) is 13.1. The highest BCUT2D eigenvalue weighted by Crippen LogP contribution is 2.23. The van der Waals surface area contributed by atoms with Gasteiger partial charge in [-0.15, -0.1) is 0 Å². The summed E-state index contributed by atoms with van der Waals surface area (Å²) in [6.07, 6.45) is 71.4. The zero-order valence-corrected chi connectivity index (χ0v) is 49.3. The summed E-state index contributed by atoms with van der Waals surface area (Å²) in [5.74, 6) is -0.174. The molecular formula is C67H121NO8. The first kappa shape index (κ1) is 71.6. The molecule has 1 aliphatic rings. The number of aliphatic hydroxyl groups excluding tert-OH is 5. The molecular weight excluding hydrogens is 947 g/mol. The minimum absolute atomic E-state index is 0.174. The van der Waals surface area contributed by atoms with E-state index in [1.807, 2.05) is 6.08 Å². The van der Waals surface area contributed by atoms with Crippen LogP contribution in [0.2, 0.25) is 0 Å². The number of allylic oxidation sites excluding steroid dienone is 11. The van der Waals surface area contributed by atoms with Crippen molar-refractivity contribution in [2.24, 2.45) is 0 Å². The molecule has 0 aromatic heterocycles. The van der Waals surface area contributed by atoms with E-state index in [1.54, 1.807) is 6.08 Å². The van der Waals surface area contributed by atoms with E-state index in [4.69, 9.17) is 9.47 Å². The summed E-state index contributed by atoms with van der Waals surface area (Å²) in [7, 11) is 0. The molecule has 0 spiro atoms. The van der Waals surface area contributed by atoms with E-state index in [0.717, 1.165) is 70.6 Å². The zero-order chi connectivity index (χ0) is 55.0. The van der Waals surface area contributed by atoms with Gasteiger partial charge in [-0.2, -0.15) is 0 Å². The van der Waals surface area contributed by atoms with E-state index in [-0.39, 0.29) is 12.5 Å². The van der Waals surface area contributed by atoms with Crippen molar-refractivity contribution < 1.29 is 39.8 Å². The van der Waals surface area contributed by atoms with Crippen molar-refractivity contribution in [2.75, 3.05) is 13.2 Å². The molecule has 1 fully saturated rings. The Bertz CT molecular complexity index is 1420. The Morgan fingerprint density at radius 3 is 1.21 bits per heavy atom. The minimum atomic E-state index is -1.57. The molecule has 1 heterocycles. The fourth-order valence-electron chi connectivity index (χ4n) is 10.0. The van der Waals surface area contributed by atoms with Crippen molar-refractivity contribution >= 4 is 5.91 Å². The summed E-state index contributed by atoms with van der Waals surface area (Å²) in [5.41, 5.74) is 0. The second-order valence-electron chi connectivity index (χ2n) is 22.2. The number of hydrogen-bond acceptors (Lipinski definition) is 8. The van der Waals surface area contributed by atoms with E-state index in [1.165, 1.54) is 199 Å². The SMILES string of the molecule is CC/C=C\C/C=C\C/C=C\C/C=C\C/C=C\CCCCCCCCCCCCCCCCCCCCCCCC(=O)NC(COC1OC(CO)C(O)C(O)C1O)C(O)/C=C/CCCCCCCCCCCCCCCC. The Hall–Kier alpha value is -2.37. The fraction of sp³-hybridized carbons (Fsp3) is 0.806. The first-order valence-corrected chi connectivity index (χ1v) is 32.2. The monoisotopic (exact) mass is 1070 g/mol. The number of carbonyl (C=O) groups excluding carboxylic acids is 1. The molecule has 7 unspecified atom stereocenters. The van der Waals surface area contributed by atoms with Crippen LogP contribution in [0.25, 0.3) is 0 Å². The van der Waals surface area contributed by atoms with Gasteiger partial charge in [-0.3, -0.25) is 4.79 Å². The molecule has 0 bridgehead atoms. The number of unbranched alkanes of at least 4 members (excludes halogenated alkanes) is 35. The van der Waals surface area contributed by atoms with Gasteiger partial charge in [0.2, 0.25) is 5.91 Å². The number of amides is 1. The van der Waals surface area contributed by atoms with Gasteiger partial charge in [0.15, 0.2) is 6.29 Å². The van der Waals surface area contributed by atoms with Crippen LogP contribution < -0.4 is 5.32 Å². The smallest absolute Gasteiger partial charge is 0.220 e. The lowest BCUT2D eigenvalue weighted by Crippen LogP contribution is -2.60. The van der Waals surface area contributed by atoms with Crippen LogP contribution in [0.1, 0.15) is 290 Å². The molecule has 442 valence electrons. The second kappa shape index (κ2) is 55.9. The lowest BCUT2D eigenvalue weighted by atomic mass is 9.99. The standard InChI is InChI=1S/C67H121NO8/c1-3-5-7-9-11-13-15-17-19-21-22-23-24-25-26-27-28-29-30-31-32-33-34-35-36-37-38-39-40-41-43-45-47-49-51-53-55-57-63(71)68-60(59-75-67-66(74)65(73)64(72)62(58-69)76-67)61(70)56-54-52-50-48-46-44-42-20-18-16-14-12-10-8-6-4-2/h5,7,11,13,17,19,22-23,25-26,54,56,60-62,64-67,69-70,72-74H,3-4,6,8-10,12,14-16,18,20-21,24,27-53,55,57-59H2,1-2H3,(H,68,71)/b7-5-,13-11-,19-17-,23-22-,26-25-,56-54+. The summed E-state index contributed by atoms with van der Waals surface area (Å²) >= 11 is 0. The summed E-state index contributed by atoms with van der Waals surface area (Å²) in [5, 5.41) is 54.6. The molecule has 0 aliphatic carbocycles. The maximum Gasteiger partial charge on any atom is 0.220 e. The predicted octanol–water partition coefficient (Wildman–Crippen LogP) is 16.8. The van der Waals surface area contributed by atoms with Crippen LogP contribution in [-0.2, 0) is 14.3 Å². The Morgan fingerprint density at radius 2 is 0.816 bits per heavy atom. The zero-order valence-electron chi connectivity index (χ0n) is 49.3. The highest BCUT2D eigenvalue weighted by atomic mass is 16.7. The topological polar surface area (TPSA) is 149 Å². The van der Waals surface area contributed by atoms with E-state index in [2.05, 4.69) is 79.9 Å². The molecule has 1 aliphatic heterocycles. The Labute approximate surface area is 468 Å². The molecule has 1 rings (SSSR count). The van der Waals surface area contributed by atoms with Crippen molar-refractivity contribution in [3.63, 3.8) is 0 Å². The van der Waals surface area contributed by atoms with Crippen LogP contribution >= 0.6 is 0 Å². The third-order valence-electron chi connectivity index (χ3n) is 15.0. The quantitative estimate of drug-likeness (QED) is 0.0261. The van der Waals surface area contributed by atoms with E-state index in [0.29, 0.717) is 6.42 Å². The number of carbonyl (C=O) groups is 1. The van der Waals surface area contributed by atoms with Crippen LogP contribution in [0.3, 0.4) is 0 Å². The van der Waals surface area contributed by atoms with Gasteiger partial charge in [0.1, 0.15) is 24.4 Å². The van der Waals surface area contributed by atoms with Gasteiger partial charge in [0, 0.05) is 6.42 Å². The van der Waals surface area contributed by atoms with Gasteiger partial charge in [0.05, 0.1) is 25.4 Å². The minimum Gasteiger partial charge on any atom is -0.394 e. The summed E-state index contributed by atoms with van der Waals surface area (Å²) < 4.78 is 11.3. The van der Waals surface area contributed by atoms with Crippen molar-refractivity contribution in [3.8, 4) is 0 Å². The van der Waals surface area contributed by atoms with Crippen LogP contribution in [0.15, 0.2) is 72.9 Å². The molecule has 0 saturated carbocycles. The predicted molar refractivity (Wildman–Crippen MR) is 322 cm³/mol. The third kappa shape index (κ3) is 44.5. The second-order valence-corrected chi connectivity index (χ2v) is 22.2. The summed E-state index contributed by atoms with van der Waals surface area (Å²) in [6.45, 7) is 3.69. The number of hydrogen-bond donors (Lipinski definition) is 6. The highest BCUT2D eigenvalue weighted by molar-refractivity contribution is 5.76. The highest BCUT2D eigenvalue weighted by Gasteiger charge is 2.44. The maximum atomic E-state index is 13.1. The molecule has 0 aromatic carbocycles. The van der Waals surface area contributed by atoms with Gasteiger partial charge in [0.25, 0.3) is 0 Å². The Kier molecular flexibility index (Phi) is 52.7. The molecule has 6 N–H and O–H groups in total. The number of ether oxygens (including phenoxy) is 2. The van der Waals surface area contributed by atoms with Gasteiger partial charge in [-0.05, 0) is 64.2 Å². The summed E-state index contributed by atoms with van der Waals surface area (Å²) in [6, 6.07) is -0.805. The first-order valence-electron chi connectivity index (χ1n) is 32.2. The van der Waals surface area contributed by atoms with E-state index < -0.39 is 49.5 Å². The Balaban J connectivity index is 2.09. The lowest BCUT2D eigenvalue weighted by molar-refractivity contribution is -0.302. The number of aliphatic hydroxyl groups is 5. The third-order valence-corrected chi connectivity index (χ3v) is 15.0. The van der Waals surface area contributed by atoms with Crippen molar-refractivity contribution in [1.82, 2.24) is 5.32 Å². The molecule has 0 radical (unpaired) electrons. The number of rotatable bonds is 55. The van der Waals surface area contributed by atoms with Gasteiger partial charge in [-0.25, -0.2) is 0 Å². The molecule has 76 heavy (non-hydrogen) atoms. The maximum absolute atomic E-state index is 13.1. The Morgan fingerprint density at radius 1 is 0.461 bits per heavy atom. The van der Waals surface area contributed by atoms with Crippen molar-refractivity contribution in [2.45, 2.75) is 333 Å². The normalized spacial score (nSPS) is 19.3. The molecule has 0 aromatic rings. The molecule has 7 atom stereocenters. The molecule has 1 amide bonds. The molecule has 9 nitrogen and oxygen atoms in total.